The summed E-state index contributed by atoms with van der Waals surface area (Å²) in [6.45, 7) is 9.82. The van der Waals surface area contributed by atoms with Gasteiger partial charge in [-0.2, -0.15) is 0 Å². The van der Waals surface area contributed by atoms with Gasteiger partial charge in [-0.15, -0.1) is 0 Å². The van der Waals surface area contributed by atoms with Crippen LogP contribution in [0.2, 0.25) is 5.02 Å². The standard InChI is InChI=1S/C28H39ClN2O4/c1-5-9-18-30-28(33)24(6-2)31(20-22-12-10-11-13-23(22)29)27(32)17-15-21-14-16-25(34-7-3)26(19-21)35-8-4/h10-14,16,19,24H,5-9,15,17-18,20H2,1-4H3,(H,30,33)/t24-/m0/s1. The quantitative estimate of drug-likeness (QED) is 0.313. The average molecular weight is 503 g/mol. The van der Waals surface area contributed by atoms with Gasteiger partial charge in [0.25, 0.3) is 0 Å². The monoisotopic (exact) mass is 502 g/mol. The molecule has 0 heterocycles. The summed E-state index contributed by atoms with van der Waals surface area (Å²) in [7, 11) is 0. The minimum atomic E-state index is -0.560. The number of nitrogens with one attached hydrogen (secondary N) is 1. The molecule has 1 atom stereocenters. The Hall–Kier alpha value is -2.73. The number of aryl methyl sites for hydroxylation is 1. The van der Waals surface area contributed by atoms with Gasteiger partial charge < -0.3 is 19.7 Å². The zero-order chi connectivity index (χ0) is 25.6. The number of benzene rings is 2. The number of rotatable bonds is 15. The molecule has 2 rings (SSSR count). The van der Waals surface area contributed by atoms with E-state index in [9.17, 15) is 9.59 Å². The van der Waals surface area contributed by atoms with Gasteiger partial charge in [0.2, 0.25) is 11.8 Å². The van der Waals surface area contributed by atoms with Crippen LogP contribution >= 0.6 is 11.6 Å². The molecule has 0 aliphatic carbocycles. The lowest BCUT2D eigenvalue weighted by Gasteiger charge is -2.31. The molecule has 6 nitrogen and oxygen atoms in total. The van der Waals surface area contributed by atoms with Gasteiger partial charge in [0, 0.05) is 24.5 Å². The van der Waals surface area contributed by atoms with E-state index in [4.69, 9.17) is 21.1 Å². The zero-order valence-electron chi connectivity index (χ0n) is 21.4. The van der Waals surface area contributed by atoms with Crippen LogP contribution in [-0.4, -0.2) is 42.5 Å². The van der Waals surface area contributed by atoms with Gasteiger partial charge in [-0.3, -0.25) is 9.59 Å². The van der Waals surface area contributed by atoms with Crippen molar-refractivity contribution in [2.45, 2.75) is 72.4 Å². The van der Waals surface area contributed by atoms with Crippen LogP contribution in [0.5, 0.6) is 11.5 Å². The van der Waals surface area contributed by atoms with E-state index in [2.05, 4.69) is 12.2 Å². The Kier molecular flexibility index (Phi) is 12.5. The molecular formula is C28H39ClN2O4. The third kappa shape index (κ3) is 8.77. The molecule has 0 aliphatic rings. The van der Waals surface area contributed by atoms with Crippen LogP contribution < -0.4 is 14.8 Å². The summed E-state index contributed by atoms with van der Waals surface area (Å²) in [6, 6.07) is 12.6. The van der Waals surface area contributed by atoms with Gasteiger partial charge in [0.15, 0.2) is 11.5 Å². The fourth-order valence-corrected chi connectivity index (χ4v) is 4.08. The maximum Gasteiger partial charge on any atom is 0.242 e. The van der Waals surface area contributed by atoms with Crippen LogP contribution in [0.4, 0.5) is 0 Å². The summed E-state index contributed by atoms with van der Waals surface area (Å²) in [5.74, 6) is 1.16. The second kappa shape index (κ2) is 15.3. The molecule has 0 unspecified atom stereocenters. The SMILES string of the molecule is CCCCNC(=O)[C@H](CC)N(Cc1ccccc1Cl)C(=O)CCc1ccc(OCC)c(OCC)c1. The van der Waals surface area contributed by atoms with Gasteiger partial charge in [0.05, 0.1) is 13.2 Å². The van der Waals surface area contributed by atoms with Crippen LogP contribution in [0.3, 0.4) is 0 Å². The Morgan fingerprint density at radius 1 is 1.00 bits per heavy atom. The minimum absolute atomic E-state index is 0.0887. The van der Waals surface area contributed by atoms with Gasteiger partial charge in [-0.1, -0.05) is 56.1 Å². The van der Waals surface area contributed by atoms with Crippen LogP contribution in [-0.2, 0) is 22.6 Å². The molecule has 0 saturated heterocycles. The largest absolute Gasteiger partial charge is 0.490 e. The van der Waals surface area contributed by atoms with Crippen molar-refractivity contribution in [1.29, 1.82) is 0 Å². The molecule has 192 valence electrons. The van der Waals surface area contributed by atoms with Crippen molar-refractivity contribution in [3.8, 4) is 11.5 Å². The number of halogens is 1. The van der Waals surface area contributed by atoms with Crippen molar-refractivity contribution < 1.29 is 19.1 Å². The normalized spacial score (nSPS) is 11.6. The molecule has 0 fully saturated rings. The third-order valence-corrected chi connectivity index (χ3v) is 6.12. The Balaban J connectivity index is 2.21. The molecule has 2 aromatic carbocycles. The highest BCUT2D eigenvalue weighted by Gasteiger charge is 2.28. The van der Waals surface area contributed by atoms with Crippen molar-refractivity contribution in [3.05, 3.63) is 58.6 Å². The first kappa shape index (κ1) is 28.5. The molecule has 0 spiro atoms. The molecule has 0 aromatic heterocycles. The van der Waals surface area contributed by atoms with Crippen LogP contribution in [0.1, 0.15) is 64.5 Å². The number of carbonyl (C=O) groups excluding carboxylic acids is 2. The zero-order valence-corrected chi connectivity index (χ0v) is 22.2. The number of amides is 2. The fraction of sp³-hybridized carbons (Fsp3) is 0.500. The topological polar surface area (TPSA) is 67.9 Å². The molecule has 2 aromatic rings. The summed E-state index contributed by atoms with van der Waals surface area (Å²) in [6.07, 6.45) is 3.21. The summed E-state index contributed by atoms with van der Waals surface area (Å²) >= 11 is 6.40. The second-order valence-corrected chi connectivity index (χ2v) is 8.74. The maximum atomic E-state index is 13.5. The molecule has 7 heteroatoms. The number of carbonyl (C=O) groups is 2. The van der Waals surface area contributed by atoms with E-state index in [0.29, 0.717) is 49.1 Å². The van der Waals surface area contributed by atoms with E-state index < -0.39 is 6.04 Å². The van der Waals surface area contributed by atoms with E-state index in [1.807, 2.05) is 57.2 Å². The highest BCUT2D eigenvalue weighted by Crippen LogP contribution is 2.29. The van der Waals surface area contributed by atoms with Crippen molar-refractivity contribution >= 4 is 23.4 Å². The van der Waals surface area contributed by atoms with Crippen molar-refractivity contribution in [3.63, 3.8) is 0 Å². The molecule has 0 aliphatic heterocycles. The Morgan fingerprint density at radius 3 is 2.37 bits per heavy atom. The van der Waals surface area contributed by atoms with Gasteiger partial charge >= 0.3 is 0 Å². The molecule has 0 bridgehead atoms. The maximum absolute atomic E-state index is 13.5. The molecular weight excluding hydrogens is 464 g/mol. The Morgan fingerprint density at radius 2 is 1.71 bits per heavy atom. The molecule has 0 radical (unpaired) electrons. The summed E-state index contributed by atoms with van der Waals surface area (Å²) in [5, 5.41) is 3.57. The average Bonchev–Trinajstić information content (AvgIpc) is 2.85. The molecule has 1 N–H and O–H groups in total. The van der Waals surface area contributed by atoms with E-state index in [-0.39, 0.29) is 24.8 Å². The smallest absolute Gasteiger partial charge is 0.242 e. The first-order valence-corrected chi connectivity index (χ1v) is 13.0. The number of ether oxygens (including phenoxy) is 2. The van der Waals surface area contributed by atoms with Crippen LogP contribution in [0.15, 0.2) is 42.5 Å². The van der Waals surface area contributed by atoms with Gasteiger partial charge in [-0.25, -0.2) is 0 Å². The first-order valence-electron chi connectivity index (χ1n) is 12.6. The number of nitrogens with zero attached hydrogens (tertiary/aromatic N) is 1. The van der Waals surface area contributed by atoms with Gasteiger partial charge in [-0.05, 0) is 62.4 Å². The van der Waals surface area contributed by atoms with Crippen molar-refractivity contribution in [2.24, 2.45) is 0 Å². The van der Waals surface area contributed by atoms with E-state index in [1.165, 1.54) is 0 Å². The lowest BCUT2D eigenvalue weighted by molar-refractivity contribution is -0.141. The number of hydrogen-bond donors (Lipinski definition) is 1. The Bertz CT molecular complexity index is 950. The lowest BCUT2D eigenvalue weighted by atomic mass is 10.1. The Labute approximate surface area is 214 Å². The predicted octanol–water partition coefficient (Wildman–Crippen LogP) is 5.79. The van der Waals surface area contributed by atoms with E-state index >= 15 is 0 Å². The molecule has 2 amide bonds. The highest BCUT2D eigenvalue weighted by molar-refractivity contribution is 6.31. The predicted molar refractivity (Wildman–Crippen MR) is 141 cm³/mol. The molecule has 0 saturated carbocycles. The minimum Gasteiger partial charge on any atom is -0.490 e. The van der Waals surface area contributed by atoms with E-state index in [0.717, 1.165) is 24.0 Å². The number of unbranched alkanes of at least 4 members (excludes halogenated alkanes) is 1. The van der Waals surface area contributed by atoms with Crippen LogP contribution in [0.25, 0.3) is 0 Å². The fourth-order valence-electron chi connectivity index (χ4n) is 3.88. The van der Waals surface area contributed by atoms with Gasteiger partial charge in [0.1, 0.15) is 6.04 Å². The van der Waals surface area contributed by atoms with E-state index in [1.54, 1.807) is 11.0 Å². The first-order chi connectivity index (χ1) is 16.9. The molecule has 35 heavy (non-hydrogen) atoms. The lowest BCUT2D eigenvalue weighted by Crippen LogP contribution is -2.49. The highest BCUT2D eigenvalue weighted by atomic mass is 35.5. The summed E-state index contributed by atoms with van der Waals surface area (Å²) < 4.78 is 11.4. The second-order valence-electron chi connectivity index (χ2n) is 8.33. The summed E-state index contributed by atoms with van der Waals surface area (Å²) in [4.78, 5) is 28.2. The summed E-state index contributed by atoms with van der Waals surface area (Å²) in [5.41, 5.74) is 1.80. The van der Waals surface area contributed by atoms with Crippen molar-refractivity contribution in [2.75, 3.05) is 19.8 Å². The van der Waals surface area contributed by atoms with Crippen molar-refractivity contribution in [1.82, 2.24) is 10.2 Å². The van der Waals surface area contributed by atoms with Crippen LogP contribution in [0, 0.1) is 0 Å². The number of hydrogen-bond acceptors (Lipinski definition) is 4. The third-order valence-electron chi connectivity index (χ3n) is 5.75.